The smallest absolute Gasteiger partial charge is 0.211 e. The van der Waals surface area contributed by atoms with Crippen LogP contribution in [0.1, 0.15) is 0 Å². The van der Waals surface area contributed by atoms with Crippen molar-refractivity contribution in [2.45, 2.75) is 4.90 Å². The molecule has 0 saturated heterocycles. The Labute approximate surface area is 81.4 Å². The Balaban J connectivity index is 2.90. The standard InChI is InChI=1S/C10H9NOS/c1-2-7-13-10-6-4-3-5-9(10)11-8-12/h2-6H,1,7H2. The van der Waals surface area contributed by atoms with Gasteiger partial charge in [0.25, 0.3) is 0 Å². The summed E-state index contributed by atoms with van der Waals surface area (Å²) >= 11 is 1.60. The van der Waals surface area contributed by atoms with Gasteiger partial charge in [-0.15, -0.1) is 18.3 Å². The summed E-state index contributed by atoms with van der Waals surface area (Å²) in [6.45, 7) is 3.62. The number of rotatable bonds is 4. The summed E-state index contributed by atoms with van der Waals surface area (Å²) in [5.41, 5.74) is 0.671. The zero-order valence-corrected chi connectivity index (χ0v) is 7.88. The van der Waals surface area contributed by atoms with Crippen LogP contribution in [0.3, 0.4) is 0 Å². The van der Waals surface area contributed by atoms with Gasteiger partial charge in [-0.25, -0.2) is 4.79 Å². The SMILES string of the molecule is C=CCSc1ccccc1N=C=O. The van der Waals surface area contributed by atoms with Gasteiger partial charge in [-0.05, 0) is 12.1 Å². The second-order valence-electron chi connectivity index (χ2n) is 2.27. The normalized spacial score (nSPS) is 8.92. The number of benzene rings is 1. The first-order chi connectivity index (χ1) is 6.38. The number of nitrogens with zero attached hydrogens (tertiary/aromatic N) is 1. The largest absolute Gasteiger partial charge is 0.240 e. The maximum atomic E-state index is 10.1. The maximum Gasteiger partial charge on any atom is 0.240 e. The third kappa shape index (κ3) is 2.90. The number of carbonyl (C=O) groups excluding carboxylic acids is 1. The maximum absolute atomic E-state index is 10.1. The minimum atomic E-state index is 0.671. The van der Waals surface area contributed by atoms with Gasteiger partial charge in [-0.2, -0.15) is 4.99 Å². The molecule has 0 radical (unpaired) electrons. The predicted molar refractivity (Wildman–Crippen MR) is 55.1 cm³/mol. The zero-order chi connectivity index (χ0) is 9.52. The molecule has 3 heteroatoms. The van der Waals surface area contributed by atoms with Crippen LogP contribution < -0.4 is 0 Å². The number of aliphatic imine (C=N–C) groups is 1. The minimum absolute atomic E-state index is 0.671. The molecule has 0 unspecified atom stereocenters. The fraction of sp³-hybridized carbons (Fsp3) is 0.100. The monoisotopic (exact) mass is 191 g/mol. The Morgan fingerprint density at radius 3 is 3.00 bits per heavy atom. The van der Waals surface area contributed by atoms with E-state index in [1.165, 1.54) is 6.08 Å². The topological polar surface area (TPSA) is 29.4 Å². The fourth-order valence-corrected chi connectivity index (χ4v) is 1.60. The van der Waals surface area contributed by atoms with Crippen LogP contribution in [0.2, 0.25) is 0 Å². The van der Waals surface area contributed by atoms with Crippen molar-refractivity contribution in [2.75, 3.05) is 5.75 Å². The van der Waals surface area contributed by atoms with E-state index in [1.807, 2.05) is 24.3 Å². The lowest BCUT2D eigenvalue weighted by molar-refractivity contribution is 0.565. The average molecular weight is 191 g/mol. The Kier molecular flexibility index (Phi) is 4.03. The molecule has 0 bridgehead atoms. The molecular formula is C10H9NOS. The van der Waals surface area contributed by atoms with Gasteiger partial charge in [0.2, 0.25) is 6.08 Å². The van der Waals surface area contributed by atoms with Crippen LogP contribution in [-0.2, 0) is 4.79 Å². The van der Waals surface area contributed by atoms with E-state index >= 15 is 0 Å². The Hall–Kier alpha value is -1.31. The molecule has 0 saturated carbocycles. The van der Waals surface area contributed by atoms with Crippen LogP contribution in [-0.4, -0.2) is 11.8 Å². The fourth-order valence-electron chi connectivity index (χ4n) is 0.869. The highest BCUT2D eigenvalue weighted by molar-refractivity contribution is 7.99. The van der Waals surface area contributed by atoms with E-state index in [9.17, 15) is 4.79 Å². The molecule has 0 N–H and O–H groups in total. The van der Waals surface area contributed by atoms with Gasteiger partial charge < -0.3 is 0 Å². The van der Waals surface area contributed by atoms with Crippen molar-refractivity contribution >= 4 is 23.5 Å². The van der Waals surface area contributed by atoms with E-state index in [0.29, 0.717) is 5.69 Å². The average Bonchev–Trinajstić information content (AvgIpc) is 2.17. The Morgan fingerprint density at radius 2 is 2.31 bits per heavy atom. The van der Waals surface area contributed by atoms with Gasteiger partial charge in [-0.3, -0.25) is 0 Å². The van der Waals surface area contributed by atoms with E-state index in [0.717, 1.165) is 10.6 Å². The van der Waals surface area contributed by atoms with Gasteiger partial charge in [0, 0.05) is 10.6 Å². The lowest BCUT2D eigenvalue weighted by Gasteiger charge is -2.00. The van der Waals surface area contributed by atoms with Crippen molar-refractivity contribution in [3.63, 3.8) is 0 Å². The van der Waals surface area contributed by atoms with E-state index in [1.54, 1.807) is 17.8 Å². The van der Waals surface area contributed by atoms with Crippen LogP contribution in [0.15, 0.2) is 46.8 Å². The molecule has 0 amide bonds. The molecule has 2 nitrogen and oxygen atoms in total. The van der Waals surface area contributed by atoms with Crippen LogP contribution in [0.5, 0.6) is 0 Å². The second kappa shape index (κ2) is 5.36. The molecule has 66 valence electrons. The molecule has 0 aliphatic heterocycles. The molecule has 1 rings (SSSR count). The first kappa shape index (κ1) is 9.78. The summed E-state index contributed by atoms with van der Waals surface area (Å²) in [4.78, 5) is 14.7. The predicted octanol–water partition coefficient (Wildman–Crippen LogP) is 2.93. The minimum Gasteiger partial charge on any atom is -0.211 e. The van der Waals surface area contributed by atoms with Crippen LogP contribution in [0.4, 0.5) is 5.69 Å². The van der Waals surface area contributed by atoms with E-state index < -0.39 is 0 Å². The summed E-state index contributed by atoms with van der Waals surface area (Å²) in [6.07, 6.45) is 3.35. The zero-order valence-electron chi connectivity index (χ0n) is 7.06. The summed E-state index contributed by atoms with van der Waals surface area (Å²) in [7, 11) is 0. The third-order valence-electron chi connectivity index (χ3n) is 1.39. The van der Waals surface area contributed by atoms with Gasteiger partial charge in [-0.1, -0.05) is 18.2 Å². The molecular weight excluding hydrogens is 182 g/mol. The molecule has 1 aromatic rings. The second-order valence-corrected chi connectivity index (χ2v) is 3.33. The first-order valence-corrected chi connectivity index (χ1v) is 4.77. The Bertz CT molecular complexity index is 343. The summed E-state index contributed by atoms with van der Waals surface area (Å²) < 4.78 is 0. The third-order valence-corrected chi connectivity index (χ3v) is 2.45. The van der Waals surface area contributed by atoms with E-state index in [4.69, 9.17) is 0 Å². The summed E-state index contributed by atoms with van der Waals surface area (Å²) in [5.74, 6) is 0.811. The first-order valence-electron chi connectivity index (χ1n) is 3.79. The van der Waals surface area contributed by atoms with Crippen molar-refractivity contribution in [1.82, 2.24) is 0 Å². The van der Waals surface area contributed by atoms with Gasteiger partial charge >= 0.3 is 0 Å². The number of thioether (sulfide) groups is 1. The Morgan fingerprint density at radius 1 is 1.54 bits per heavy atom. The van der Waals surface area contributed by atoms with Crippen molar-refractivity contribution in [1.29, 1.82) is 0 Å². The highest BCUT2D eigenvalue weighted by Gasteiger charge is 1.98. The molecule has 0 fully saturated rings. The number of para-hydroxylation sites is 1. The van der Waals surface area contributed by atoms with Crippen molar-refractivity contribution in [3.8, 4) is 0 Å². The van der Waals surface area contributed by atoms with Crippen molar-refractivity contribution in [2.24, 2.45) is 4.99 Å². The van der Waals surface area contributed by atoms with E-state index in [2.05, 4.69) is 11.6 Å². The summed E-state index contributed by atoms with van der Waals surface area (Å²) in [6, 6.07) is 7.46. The van der Waals surface area contributed by atoms with Gasteiger partial charge in [0.1, 0.15) is 0 Å². The summed E-state index contributed by atoms with van der Waals surface area (Å²) in [5, 5.41) is 0. The molecule has 0 atom stereocenters. The lowest BCUT2D eigenvalue weighted by atomic mass is 10.3. The molecule has 1 aromatic carbocycles. The van der Waals surface area contributed by atoms with Crippen LogP contribution in [0.25, 0.3) is 0 Å². The lowest BCUT2D eigenvalue weighted by Crippen LogP contribution is -1.74. The molecule has 0 spiro atoms. The quantitative estimate of drug-likeness (QED) is 0.317. The number of isocyanates is 1. The highest BCUT2D eigenvalue weighted by Crippen LogP contribution is 2.28. The van der Waals surface area contributed by atoms with Gasteiger partial charge in [0.05, 0.1) is 5.69 Å². The molecule has 13 heavy (non-hydrogen) atoms. The number of hydrogen-bond donors (Lipinski definition) is 0. The van der Waals surface area contributed by atoms with Crippen molar-refractivity contribution < 1.29 is 4.79 Å². The van der Waals surface area contributed by atoms with Crippen LogP contribution in [0, 0.1) is 0 Å². The van der Waals surface area contributed by atoms with Crippen molar-refractivity contribution in [3.05, 3.63) is 36.9 Å². The molecule has 0 aliphatic carbocycles. The van der Waals surface area contributed by atoms with Gasteiger partial charge in [0.15, 0.2) is 0 Å². The highest BCUT2D eigenvalue weighted by atomic mass is 32.2. The van der Waals surface area contributed by atoms with Crippen LogP contribution >= 0.6 is 11.8 Å². The molecule has 0 aromatic heterocycles. The number of hydrogen-bond acceptors (Lipinski definition) is 3. The molecule has 0 aliphatic rings. The molecule has 0 heterocycles. The van der Waals surface area contributed by atoms with E-state index in [-0.39, 0.29) is 0 Å².